The predicted octanol–water partition coefficient (Wildman–Crippen LogP) is 3.58. The van der Waals surface area contributed by atoms with E-state index >= 15 is 0 Å². The van der Waals surface area contributed by atoms with Gasteiger partial charge in [-0.2, -0.15) is 0 Å². The molecule has 0 aliphatic carbocycles. The molecule has 162 valence electrons. The van der Waals surface area contributed by atoms with Crippen molar-refractivity contribution in [3.63, 3.8) is 0 Å². The van der Waals surface area contributed by atoms with Crippen molar-refractivity contribution < 1.29 is 28.5 Å². The number of rotatable bonds is 7. The Kier molecular flexibility index (Phi) is 5.97. The summed E-state index contributed by atoms with van der Waals surface area (Å²) in [5.41, 5.74) is 2.34. The molecule has 0 bridgehead atoms. The van der Waals surface area contributed by atoms with Gasteiger partial charge in [0.2, 0.25) is 6.79 Å². The van der Waals surface area contributed by atoms with Crippen LogP contribution < -0.4 is 24.8 Å². The summed E-state index contributed by atoms with van der Waals surface area (Å²) in [6.45, 7) is 4.59. The smallest absolute Gasteiger partial charge is 0.338 e. The molecule has 2 amide bonds. The summed E-state index contributed by atoms with van der Waals surface area (Å²) in [5, 5.41) is 5.45. The number of nitrogens with one attached hydrogen (secondary N) is 2. The third-order valence-corrected chi connectivity index (χ3v) is 4.98. The van der Waals surface area contributed by atoms with Gasteiger partial charge in [-0.05, 0) is 48.7 Å². The molecular weight excluding hydrogens is 400 g/mol. The van der Waals surface area contributed by atoms with Gasteiger partial charge in [-0.15, -0.1) is 0 Å². The number of urea groups is 1. The second-order valence-electron chi connectivity index (χ2n) is 7.25. The zero-order valence-electron chi connectivity index (χ0n) is 17.4. The molecule has 0 fully saturated rings. The van der Waals surface area contributed by atoms with E-state index in [0.29, 0.717) is 29.4 Å². The first-order valence-corrected chi connectivity index (χ1v) is 10.1. The van der Waals surface area contributed by atoms with Crippen LogP contribution in [0.2, 0.25) is 0 Å². The van der Waals surface area contributed by atoms with Crippen LogP contribution in [-0.4, -0.2) is 25.4 Å². The summed E-state index contributed by atoms with van der Waals surface area (Å²) in [4.78, 5) is 25.0. The van der Waals surface area contributed by atoms with Crippen LogP contribution >= 0.6 is 0 Å². The minimum absolute atomic E-state index is 0.0662. The lowest BCUT2D eigenvalue weighted by molar-refractivity contribution is -0.140. The molecule has 1 atom stereocenters. The highest BCUT2D eigenvalue weighted by Gasteiger charge is 2.32. The number of carbonyl (C=O) groups is 2. The van der Waals surface area contributed by atoms with Gasteiger partial charge in [-0.1, -0.05) is 25.1 Å². The highest BCUT2D eigenvalue weighted by atomic mass is 16.7. The van der Waals surface area contributed by atoms with Gasteiger partial charge in [0, 0.05) is 5.70 Å². The van der Waals surface area contributed by atoms with E-state index in [1.54, 1.807) is 19.1 Å². The maximum Gasteiger partial charge on any atom is 0.338 e. The van der Waals surface area contributed by atoms with E-state index in [1.165, 1.54) is 0 Å². The molecule has 31 heavy (non-hydrogen) atoms. The molecule has 8 heteroatoms. The number of ether oxygens (including phenoxy) is 4. The summed E-state index contributed by atoms with van der Waals surface area (Å²) in [6.07, 6.45) is 0.910. The molecule has 2 aromatic carbocycles. The van der Waals surface area contributed by atoms with E-state index in [0.717, 1.165) is 23.3 Å². The summed E-state index contributed by atoms with van der Waals surface area (Å²) in [7, 11) is 0. The first-order valence-electron chi connectivity index (χ1n) is 10.1. The van der Waals surface area contributed by atoms with Crippen molar-refractivity contribution >= 4 is 12.0 Å². The fourth-order valence-corrected chi connectivity index (χ4v) is 3.45. The van der Waals surface area contributed by atoms with E-state index < -0.39 is 12.0 Å². The molecule has 2 N–H and O–H groups in total. The lowest BCUT2D eigenvalue weighted by Gasteiger charge is -2.28. The molecule has 0 unspecified atom stereocenters. The topological polar surface area (TPSA) is 95.1 Å². The number of fused-ring (bicyclic) bond motifs is 1. The number of hydrogen-bond donors (Lipinski definition) is 2. The molecule has 2 aliphatic heterocycles. The average Bonchev–Trinajstić information content (AvgIpc) is 3.24. The van der Waals surface area contributed by atoms with Crippen LogP contribution in [0.25, 0.3) is 0 Å². The maximum absolute atomic E-state index is 13.0. The number of amides is 2. The minimum Gasteiger partial charge on any atom is -0.494 e. The molecule has 2 aromatic rings. The van der Waals surface area contributed by atoms with Crippen LogP contribution in [-0.2, 0) is 16.1 Å². The fourth-order valence-electron chi connectivity index (χ4n) is 3.45. The van der Waals surface area contributed by atoms with Crippen molar-refractivity contribution in [3.8, 4) is 17.2 Å². The number of hydrogen-bond acceptors (Lipinski definition) is 6. The summed E-state index contributed by atoms with van der Waals surface area (Å²) in [6, 6.07) is 11.7. The van der Waals surface area contributed by atoms with Crippen molar-refractivity contribution in [1.29, 1.82) is 0 Å². The second kappa shape index (κ2) is 8.99. The van der Waals surface area contributed by atoms with Crippen molar-refractivity contribution in [3.05, 3.63) is 64.9 Å². The molecule has 8 nitrogen and oxygen atoms in total. The number of allylic oxidation sites excluding steroid dienone is 1. The molecule has 0 aromatic heterocycles. The first-order chi connectivity index (χ1) is 15.0. The molecule has 4 rings (SSSR count). The fraction of sp³-hybridized carbons (Fsp3) is 0.304. The standard InChI is InChI=1S/C23H24N2O6/c1-3-10-28-17-7-5-16(6-8-17)21-20(14(2)24-23(27)25-21)22(26)29-12-15-4-9-18-19(11-15)31-13-30-18/h4-9,11,21H,3,10,12-13H2,1-2H3,(H2,24,25,27)/t21-/m0/s1. The third kappa shape index (κ3) is 4.58. The van der Waals surface area contributed by atoms with Gasteiger partial charge in [-0.25, -0.2) is 9.59 Å². The van der Waals surface area contributed by atoms with Crippen molar-refractivity contribution in [2.75, 3.05) is 13.4 Å². The normalized spacial score (nSPS) is 17.1. The third-order valence-electron chi connectivity index (χ3n) is 4.98. The van der Waals surface area contributed by atoms with Gasteiger partial charge in [0.25, 0.3) is 0 Å². The average molecular weight is 424 g/mol. The molecule has 0 saturated heterocycles. The lowest BCUT2D eigenvalue weighted by Crippen LogP contribution is -2.45. The number of carbonyl (C=O) groups excluding carboxylic acids is 2. The highest BCUT2D eigenvalue weighted by molar-refractivity contribution is 5.95. The summed E-state index contributed by atoms with van der Waals surface area (Å²) >= 11 is 0. The van der Waals surface area contributed by atoms with Crippen molar-refractivity contribution in [2.24, 2.45) is 0 Å². The van der Waals surface area contributed by atoms with Crippen LogP contribution in [0.4, 0.5) is 4.79 Å². The Bertz CT molecular complexity index is 1020. The van der Waals surface area contributed by atoms with Crippen LogP contribution in [0, 0.1) is 0 Å². The Morgan fingerprint density at radius 3 is 2.68 bits per heavy atom. The molecule has 0 radical (unpaired) electrons. The zero-order valence-corrected chi connectivity index (χ0v) is 17.4. The Morgan fingerprint density at radius 2 is 1.90 bits per heavy atom. The van der Waals surface area contributed by atoms with E-state index in [9.17, 15) is 9.59 Å². The van der Waals surface area contributed by atoms with Crippen LogP contribution in [0.1, 0.15) is 37.4 Å². The summed E-state index contributed by atoms with van der Waals surface area (Å²) < 4.78 is 21.8. The Labute approximate surface area is 180 Å². The first kappa shape index (κ1) is 20.6. The van der Waals surface area contributed by atoms with Gasteiger partial charge < -0.3 is 29.6 Å². The van der Waals surface area contributed by atoms with E-state index in [4.69, 9.17) is 18.9 Å². The van der Waals surface area contributed by atoms with Gasteiger partial charge in [0.15, 0.2) is 11.5 Å². The Morgan fingerprint density at radius 1 is 1.13 bits per heavy atom. The van der Waals surface area contributed by atoms with Crippen molar-refractivity contribution in [1.82, 2.24) is 10.6 Å². The molecule has 2 heterocycles. The van der Waals surface area contributed by atoms with Gasteiger partial charge in [-0.3, -0.25) is 0 Å². The molecular formula is C23H24N2O6. The molecule has 2 aliphatic rings. The molecule has 0 spiro atoms. The summed E-state index contributed by atoms with van der Waals surface area (Å²) in [5.74, 6) is 1.51. The predicted molar refractivity (Wildman–Crippen MR) is 112 cm³/mol. The Hall–Kier alpha value is -3.68. The lowest BCUT2D eigenvalue weighted by atomic mass is 9.95. The van der Waals surface area contributed by atoms with E-state index in [1.807, 2.05) is 37.3 Å². The van der Waals surface area contributed by atoms with Crippen LogP contribution in [0.3, 0.4) is 0 Å². The van der Waals surface area contributed by atoms with E-state index in [-0.39, 0.29) is 19.4 Å². The van der Waals surface area contributed by atoms with Gasteiger partial charge in [0.1, 0.15) is 12.4 Å². The minimum atomic E-state index is -0.627. The number of esters is 1. The van der Waals surface area contributed by atoms with Crippen molar-refractivity contribution in [2.45, 2.75) is 32.9 Å². The van der Waals surface area contributed by atoms with Crippen LogP contribution in [0.15, 0.2) is 53.7 Å². The Balaban J connectivity index is 1.50. The second-order valence-corrected chi connectivity index (χ2v) is 7.25. The largest absolute Gasteiger partial charge is 0.494 e. The quantitative estimate of drug-likeness (QED) is 0.660. The highest BCUT2D eigenvalue weighted by Crippen LogP contribution is 2.33. The number of benzene rings is 2. The van der Waals surface area contributed by atoms with Gasteiger partial charge >= 0.3 is 12.0 Å². The van der Waals surface area contributed by atoms with E-state index in [2.05, 4.69) is 10.6 Å². The SMILES string of the molecule is CCCOc1ccc([C@@H]2NC(=O)NC(C)=C2C(=O)OCc2ccc3c(c2)OCO3)cc1. The molecule has 0 saturated carbocycles. The maximum atomic E-state index is 13.0. The van der Waals surface area contributed by atoms with Crippen LogP contribution in [0.5, 0.6) is 17.2 Å². The van der Waals surface area contributed by atoms with Gasteiger partial charge in [0.05, 0.1) is 18.2 Å². The zero-order chi connectivity index (χ0) is 21.8. The monoisotopic (exact) mass is 424 g/mol.